The second-order valence-corrected chi connectivity index (χ2v) is 9.19. The third-order valence-corrected chi connectivity index (χ3v) is 7.05. The Bertz CT molecular complexity index is 752. The van der Waals surface area contributed by atoms with Crippen molar-refractivity contribution in [3.05, 3.63) is 29.3 Å². The quantitative estimate of drug-likeness (QED) is 0.577. The van der Waals surface area contributed by atoms with E-state index in [1.807, 2.05) is 0 Å². The lowest BCUT2D eigenvalue weighted by Gasteiger charge is -2.29. The van der Waals surface area contributed by atoms with Crippen LogP contribution in [0.1, 0.15) is 68.5 Å². The second-order valence-electron chi connectivity index (χ2n) is 9.19. The zero-order valence-corrected chi connectivity index (χ0v) is 18.3. The number of carbonyl (C=O) groups excluding carboxylic acids is 2. The van der Waals surface area contributed by atoms with Crippen LogP contribution in [0.15, 0.2) is 18.2 Å². The third kappa shape index (κ3) is 4.97. The highest BCUT2D eigenvalue weighted by molar-refractivity contribution is 6.35. The van der Waals surface area contributed by atoms with Gasteiger partial charge < -0.3 is 15.5 Å². The molecule has 2 amide bonds. The molecule has 1 atom stereocenters. The van der Waals surface area contributed by atoms with Crippen molar-refractivity contribution in [2.24, 2.45) is 0 Å². The molecular formula is C24H36N4O2. The van der Waals surface area contributed by atoms with Gasteiger partial charge in [-0.25, -0.2) is 0 Å². The number of carbonyl (C=O) groups is 2. The van der Waals surface area contributed by atoms with E-state index in [4.69, 9.17) is 0 Å². The number of benzene rings is 1. The molecule has 164 valence electrons. The van der Waals surface area contributed by atoms with Gasteiger partial charge in [0.25, 0.3) is 0 Å². The van der Waals surface area contributed by atoms with Crippen LogP contribution in [0.3, 0.4) is 0 Å². The van der Waals surface area contributed by atoms with Crippen LogP contribution in [-0.2, 0) is 16.0 Å². The van der Waals surface area contributed by atoms with Crippen LogP contribution in [-0.4, -0.2) is 56.0 Å². The van der Waals surface area contributed by atoms with E-state index in [1.165, 1.54) is 42.5 Å². The largest absolute Gasteiger partial charge is 0.374 e. The fourth-order valence-electron chi connectivity index (χ4n) is 5.25. The Hall–Kier alpha value is -2.08. The molecule has 1 aliphatic carbocycles. The molecule has 0 bridgehead atoms. The maximum absolute atomic E-state index is 12.5. The van der Waals surface area contributed by atoms with Gasteiger partial charge >= 0.3 is 11.8 Å². The molecule has 1 aromatic rings. The first-order chi connectivity index (χ1) is 14.6. The molecule has 0 radical (unpaired) electrons. The first-order valence-corrected chi connectivity index (χ1v) is 11.8. The molecule has 2 N–H and O–H groups in total. The van der Waals surface area contributed by atoms with Crippen molar-refractivity contribution in [3.63, 3.8) is 0 Å². The van der Waals surface area contributed by atoms with E-state index in [9.17, 15) is 9.59 Å². The zero-order chi connectivity index (χ0) is 20.9. The molecule has 0 spiro atoms. The Morgan fingerprint density at radius 2 is 1.73 bits per heavy atom. The summed E-state index contributed by atoms with van der Waals surface area (Å²) < 4.78 is 0. The van der Waals surface area contributed by atoms with Gasteiger partial charge in [0.1, 0.15) is 0 Å². The molecule has 1 saturated carbocycles. The van der Waals surface area contributed by atoms with Gasteiger partial charge in [0.2, 0.25) is 0 Å². The fraction of sp³-hybridized carbons (Fsp3) is 0.667. The maximum Gasteiger partial charge on any atom is 0.309 e. The van der Waals surface area contributed by atoms with Crippen LogP contribution in [0.4, 0.5) is 5.69 Å². The molecule has 1 aromatic carbocycles. The second kappa shape index (κ2) is 9.82. The molecule has 4 rings (SSSR count). The molecule has 0 unspecified atom stereocenters. The summed E-state index contributed by atoms with van der Waals surface area (Å²) in [4.78, 5) is 29.7. The lowest BCUT2D eigenvalue weighted by Crippen LogP contribution is -2.46. The first-order valence-electron chi connectivity index (χ1n) is 11.8. The molecule has 30 heavy (non-hydrogen) atoms. The van der Waals surface area contributed by atoms with Crippen LogP contribution < -0.4 is 15.5 Å². The molecule has 2 aliphatic heterocycles. The van der Waals surface area contributed by atoms with Crippen LogP contribution in [0.25, 0.3) is 0 Å². The van der Waals surface area contributed by atoms with Gasteiger partial charge in [0.05, 0.1) is 6.04 Å². The Kier molecular flexibility index (Phi) is 6.93. The van der Waals surface area contributed by atoms with Crippen molar-refractivity contribution in [1.82, 2.24) is 15.5 Å². The highest BCUT2D eigenvalue weighted by atomic mass is 16.2. The predicted molar refractivity (Wildman–Crippen MR) is 120 cm³/mol. The highest BCUT2D eigenvalue weighted by Crippen LogP contribution is 2.32. The number of amides is 2. The Morgan fingerprint density at radius 3 is 2.47 bits per heavy atom. The molecule has 2 heterocycles. The Labute approximate surface area is 180 Å². The van der Waals surface area contributed by atoms with Crippen LogP contribution >= 0.6 is 0 Å². The van der Waals surface area contributed by atoms with Crippen molar-refractivity contribution in [1.29, 1.82) is 0 Å². The van der Waals surface area contributed by atoms with Gasteiger partial charge in [-0.15, -0.1) is 0 Å². The highest BCUT2D eigenvalue weighted by Gasteiger charge is 2.27. The van der Waals surface area contributed by atoms with E-state index in [1.54, 1.807) is 0 Å². The number of anilines is 1. The predicted octanol–water partition coefficient (Wildman–Crippen LogP) is 2.77. The topological polar surface area (TPSA) is 64.7 Å². The van der Waals surface area contributed by atoms with Crippen molar-refractivity contribution in [2.45, 2.75) is 69.9 Å². The smallest absolute Gasteiger partial charge is 0.309 e. The van der Waals surface area contributed by atoms with Gasteiger partial charge in [-0.3, -0.25) is 14.5 Å². The molecule has 1 saturated heterocycles. The Balaban J connectivity index is 1.39. The minimum Gasteiger partial charge on any atom is -0.374 e. The van der Waals surface area contributed by atoms with Gasteiger partial charge in [0, 0.05) is 31.9 Å². The number of nitrogens with zero attached hydrogens (tertiary/aromatic N) is 2. The van der Waals surface area contributed by atoms with Crippen molar-refractivity contribution < 1.29 is 9.59 Å². The minimum absolute atomic E-state index is 0.123. The lowest BCUT2D eigenvalue weighted by molar-refractivity contribution is -0.139. The van der Waals surface area contributed by atoms with Crippen LogP contribution in [0.2, 0.25) is 0 Å². The lowest BCUT2D eigenvalue weighted by atomic mass is 10.0. The molecule has 3 aliphatic rings. The standard InChI is InChI=1S/C24H36N4O2/c1-27-15-12-19-16-18(10-11-21(19)27)22(28-13-6-7-14-28)17-25-23(29)24(30)26-20-8-4-2-3-5-9-20/h10-11,16,20,22H,2-9,12-15,17H2,1H3,(H,25,29)(H,26,30)/t22-/m1/s1. The number of nitrogens with one attached hydrogen (secondary N) is 2. The summed E-state index contributed by atoms with van der Waals surface area (Å²) in [5, 5.41) is 5.90. The maximum atomic E-state index is 12.5. The van der Waals surface area contributed by atoms with Gasteiger partial charge in [-0.05, 0) is 62.4 Å². The molecule has 2 fully saturated rings. The van der Waals surface area contributed by atoms with Crippen LogP contribution in [0.5, 0.6) is 0 Å². The number of fused-ring (bicyclic) bond motifs is 1. The van der Waals surface area contributed by atoms with E-state index in [2.05, 4.69) is 45.7 Å². The van der Waals surface area contributed by atoms with Crippen LogP contribution in [0, 0.1) is 0 Å². The van der Waals surface area contributed by atoms with Gasteiger partial charge in [0.15, 0.2) is 0 Å². The first kappa shape index (κ1) is 21.2. The SMILES string of the molecule is CN1CCc2cc([C@@H](CNC(=O)C(=O)NC3CCCCCC3)N3CCCC3)ccc21. The van der Waals surface area contributed by atoms with Gasteiger partial charge in [-0.1, -0.05) is 37.8 Å². The number of likely N-dealkylation sites (tertiary alicyclic amines) is 1. The van der Waals surface area contributed by atoms with Crippen molar-refractivity contribution in [3.8, 4) is 0 Å². The summed E-state index contributed by atoms with van der Waals surface area (Å²) in [6, 6.07) is 6.98. The summed E-state index contributed by atoms with van der Waals surface area (Å²) in [6.07, 6.45) is 10.2. The van der Waals surface area contributed by atoms with E-state index in [0.29, 0.717) is 6.54 Å². The summed E-state index contributed by atoms with van der Waals surface area (Å²) in [7, 11) is 2.14. The normalized spacial score (nSPS) is 21.2. The third-order valence-electron chi connectivity index (χ3n) is 7.05. The average molecular weight is 413 g/mol. The summed E-state index contributed by atoms with van der Waals surface area (Å²) in [5.74, 6) is -0.970. The van der Waals surface area contributed by atoms with Crippen molar-refractivity contribution >= 4 is 17.5 Å². The summed E-state index contributed by atoms with van der Waals surface area (Å²) >= 11 is 0. The molecule has 6 nitrogen and oxygen atoms in total. The number of hydrogen-bond donors (Lipinski definition) is 2. The molecule has 0 aromatic heterocycles. The minimum atomic E-state index is -0.496. The number of likely N-dealkylation sites (N-methyl/N-ethyl adjacent to an activating group) is 1. The van der Waals surface area contributed by atoms with E-state index in [-0.39, 0.29) is 12.1 Å². The monoisotopic (exact) mass is 412 g/mol. The van der Waals surface area contributed by atoms with E-state index < -0.39 is 11.8 Å². The zero-order valence-electron chi connectivity index (χ0n) is 18.3. The van der Waals surface area contributed by atoms with Crippen molar-refractivity contribution in [2.75, 3.05) is 38.1 Å². The summed E-state index contributed by atoms with van der Waals surface area (Å²) in [5.41, 5.74) is 3.94. The fourth-order valence-corrected chi connectivity index (χ4v) is 5.25. The average Bonchev–Trinajstić information content (AvgIpc) is 3.33. The Morgan fingerprint density at radius 1 is 1.00 bits per heavy atom. The number of hydrogen-bond acceptors (Lipinski definition) is 4. The number of rotatable bonds is 5. The van der Waals surface area contributed by atoms with E-state index >= 15 is 0 Å². The molecule has 6 heteroatoms. The molecular weight excluding hydrogens is 376 g/mol. The summed E-state index contributed by atoms with van der Waals surface area (Å²) in [6.45, 7) is 3.63. The van der Waals surface area contributed by atoms with Gasteiger partial charge in [-0.2, -0.15) is 0 Å². The van der Waals surface area contributed by atoms with E-state index in [0.717, 1.165) is 51.7 Å².